The normalized spacial score (nSPS) is 19.7. The summed E-state index contributed by atoms with van der Waals surface area (Å²) in [5.41, 5.74) is 1.50. The smallest absolute Gasteiger partial charge is 0.191 e. The molecule has 0 amide bonds. The Morgan fingerprint density at radius 2 is 2.11 bits per heavy atom. The van der Waals surface area contributed by atoms with Gasteiger partial charge in [0.1, 0.15) is 0 Å². The molecule has 3 nitrogen and oxygen atoms in total. The highest BCUT2D eigenvalue weighted by atomic mass is 127. The first-order chi connectivity index (χ1) is 8.80. The summed E-state index contributed by atoms with van der Waals surface area (Å²) in [4.78, 5) is 4.44. The average molecular weight is 392 g/mol. The maximum Gasteiger partial charge on any atom is 0.191 e. The number of benzene rings is 1. The molecule has 0 unspecified atom stereocenters. The fourth-order valence-electron chi connectivity index (χ4n) is 2.49. The van der Waals surface area contributed by atoms with Crippen molar-refractivity contribution < 1.29 is 0 Å². The Kier molecular flexibility index (Phi) is 4.95. The predicted octanol–water partition coefficient (Wildman–Crippen LogP) is 2.93. The molecule has 1 aliphatic heterocycles. The zero-order chi connectivity index (χ0) is 12.4. The number of aliphatic imine (C=N–C) groups is 1. The number of hydrogen-bond acceptors (Lipinski definition) is 3. The standard InChI is InChI=1S/C14H18ClN3.HI/c15-12-5-2-1-4-11(12)14(6-7-14)10-18-13-16-8-3-9-17-13;/h1-2,4-5H,3,6-10H2,(H2,16,17,18);1H. The van der Waals surface area contributed by atoms with Gasteiger partial charge in [0.2, 0.25) is 0 Å². The number of nitrogens with one attached hydrogen (secondary N) is 2. The molecular weight excluding hydrogens is 373 g/mol. The van der Waals surface area contributed by atoms with Crippen LogP contribution in [0.4, 0.5) is 0 Å². The van der Waals surface area contributed by atoms with Gasteiger partial charge in [-0.25, -0.2) is 0 Å². The minimum atomic E-state index is 0. The summed E-state index contributed by atoms with van der Waals surface area (Å²) in [5, 5.41) is 7.61. The van der Waals surface area contributed by atoms with Gasteiger partial charge in [0.05, 0.1) is 0 Å². The van der Waals surface area contributed by atoms with E-state index in [0.717, 1.165) is 37.0 Å². The van der Waals surface area contributed by atoms with E-state index < -0.39 is 0 Å². The zero-order valence-corrected chi connectivity index (χ0v) is 13.9. The van der Waals surface area contributed by atoms with Crippen LogP contribution in [0.5, 0.6) is 0 Å². The first-order valence-electron chi connectivity index (χ1n) is 6.57. The van der Waals surface area contributed by atoms with Crippen LogP contribution >= 0.6 is 35.6 Å². The lowest BCUT2D eigenvalue weighted by molar-refractivity contribution is 0.629. The van der Waals surface area contributed by atoms with E-state index in [0.29, 0.717) is 0 Å². The molecule has 0 radical (unpaired) electrons. The predicted molar refractivity (Wildman–Crippen MR) is 90.7 cm³/mol. The maximum atomic E-state index is 6.30. The number of nitrogens with zero attached hydrogens (tertiary/aromatic N) is 1. The van der Waals surface area contributed by atoms with Crippen molar-refractivity contribution >= 4 is 41.5 Å². The van der Waals surface area contributed by atoms with Gasteiger partial charge in [0, 0.05) is 30.1 Å². The third-order valence-corrected chi connectivity index (χ3v) is 4.12. The monoisotopic (exact) mass is 391 g/mol. The van der Waals surface area contributed by atoms with Gasteiger partial charge in [0.25, 0.3) is 0 Å². The second-order valence-electron chi connectivity index (χ2n) is 5.12. The SMILES string of the molecule is Clc1ccccc1C1(CNC2=NCCCN2)CC1.I. The van der Waals surface area contributed by atoms with E-state index in [1.807, 2.05) is 12.1 Å². The van der Waals surface area contributed by atoms with Gasteiger partial charge in [0.15, 0.2) is 5.96 Å². The van der Waals surface area contributed by atoms with Crippen molar-refractivity contribution in [3.05, 3.63) is 34.9 Å². The summed E-state index contributed by atoms with van der Waals surface area (Å²) < 4.78 is 0. The molecule has 0 aromatic heterocycles. The van der Waals surface area contributed by atoms with Crippen molar-refractivity contribution in [3.8, 4) is 0 Å². The Balaban J connectivity index is 0.00000133. The minimum absolute atomic E-state index is 0. The molecule has 0 spiro atoms. The fraction of sp³-hybridized carbons (Fsp3) is 0.500. The van der Waals surface area contributed by atoms with Crippen molar-refractivity contribution in [2.45, 2.75) is 24.7 Å². The second-order valence-corrected chi connectivity index (χ2v) is 5.53. The van der Waals surface area contributed by atoms with Crippen LogP contribution < -0.4 is 10.6 Å². The van der Waals surface area contributed by atoms with E-state index in [-0.39, 0.29) is 29.4 Å². The zero-order valence-electron chi connectivity index (χ0n) is 10.8. The van der Waals surface area contributed by atoms with Crippen LogP contribution in [-0.2, 0) is 5.41 Å². The van der Waals surface area contributed by atoms with E-state index in [9.17, 15) is 0 Å². The molecule has 1 heterocycles. The molecule has 1 aliphatic carbocycles. The molecule has 1 saturated carbocycles. The summed E-state index contributed by atoms with van der Waals surface area (Å²) in [6, 6.07) is 8.18. The summed E-state index contributed by atoms with van der Waals surface area (Å²) >= 11 is 6.30. The van der Waals surface area contributed by atoms with Crippen LogP contribution in [0.25, 0.3) is 0 Å². The van der Waals surface area contributed by atoms with Crippen LogP contribution in [-0.4, -0.2) is 25.6 Å². The molecule has 1 aromatic carbocycles. The van der Waals surface area contributed by atoms with E-state index in [1.165, 1.54) is 18.4 Å². The van der Waals surface area contributed by atoms with E-state index >= 15 is 0 Å². The van der Waals surface area contributed by atoms with E-state index in [1.54, 1.807) is 0 Å². The Hall–Kier alpha value is -0.490. The molecule has 0 bridgehead atoms. The van der Waals surface area contributed by atoms with Crippen molar-refractivity contribution in [1.82, 2.24) is 10.6 Å². The van der Waals surface area contributed by atoms with Gasteiger partial charge in [-0.1, -0.05) is 29.8 Å². The minimum Gasteiger partial charge on any atom is -0.356 e. The van der Waals surface area contributed by atoms with Gasteiger partial charge >= 0.3 is 0 Å². The number of guanidine groups is 1. The van der Waals surface area contributed by atoms with Gasteiger partial charge < -0.3 is 10.6 Å². The van der Waals surface area contributed by atoms with Crippen molar-refractivity contribution in [1.29, 1.82) is 0 Å². The van der Waals surface area contributed by atoms with Gasteiger partial charge in [-0.3, -0.25) is 4.99 Å². The molecule has 5 heteroatoms. The van der Waals surface area contributed by atoms with Crippen molar-refractivity contribution in [3.63, 3.8) is 0 Å². The summed E-state index contributed by atoms with van der Waals surface area (Å²) in [6.45, 7) is 2.86. The van der Waals surface area contributed by atoms with E-state index in [4.69, 9.17) is 11.6 Å². The van der Waals surface area contributed by atoms with Crippen LogP contribution in [0, 0.1) is 0 Å². The first-order valence-corrected chi connectivity index (χ1v) is 6.95. The lowest BCUT2D eigenvalue weighted by atomic mass is 9.96. The van der Waals surface area contributed by atoms with Crippen LogP contribution in [0.3, 0.4) is 0 Å². The Labute approximate surface area is 136 Å². The van der Waals surface area contributed by atoms with Crippen LogP contribution in [0.2, 0.25) is 5.02 Å². The summed E-state index contributed by atoms with van der Waals surface area (Å²) in [5.74, 6) is 0.944. The average Bonchev–Trinajstić information content (AvgIpc) is 3.19. The molecule has 19 heavy (non-hydrogen) atoms. The third-order valence-electron chi connectivity index (χ3n) is 3.79. The fourth-order valence-corrected chi connectivity index (χ4v) is 2.82. The summed E-state index contributed by atoms with van der Waals surface area (Å²) in [7, 11) is 0. The molecule has 1 aromatic rings. The van der Waals surface area contributed by atoms with Crippen LogP contribution in [0.1, 0.15) is 24.8 Å². The summed E-state index contributed by atoms with van der Waals surface area (Å²) in [6.07, 6.45) is 3.54. The van der Waals surface area contributed by atoms with Gasteiger partial charge in [-0.2, -0.15) is 0 Å². The van der Waals surface area contributed by atoms with Gasteiger partial charge in [-0.15, -0.1) is 24.0 Å². The lowest BCUT2D eigenvalue weighted by Gasteiger charge is -2.21. The Morgan fingerprint density at radius 3 is 2.74 bits per heavy atom. The van der Waals surface area contributed by atoms with Crippen molar-refractivity contribution in [2.75, 3.05) is 19.6 Å². The Morgan fingerprint density at radius 1 is 1.32 bits per heavy atom. The van der Waals surface area contributed by atoms with E-state index in [2.05, 4.69) is 27.8 Å². The molecular formula is C14H19ClIN3. The second kappa shape index (κ2) is 6.31. The number of hydrogen-bond donors (Lipinski definition) is 2. The molecule has 0 atom stereocenters. The highest BCUT2D eigenvalue weighted by Gasteiger charge is 2.45. The highest BCUT2D eigenvalue weighted by molar-refractivity contribution is 14.0. The first kappa shape index (κ1) is 14.9. The Bertz CT molecular complexity index is 472. The highest BCUT2D eigenvalue weighted by Crippen LogP contribution is 2.49. The van der Waals surface area contributed by atoms with Crippen molar-refractivity contribution in [2.24, 2.45) is 4.99 Å². The van der Waals surface area contributed by atoms with Crippen LogP contribution in [0.15, 0.2) is 29.3 Å². The third kappa shape index (κ3) is 3.34. The molecule has 2 N–H and O–H groups in total. The molecule has 0 saturated heterocycles. The lowest BCUT2D eigenvalue weighted by Crippen LogP contribution is -2.43. The molecule has 104 valence electrons. The number of rotatable bonds is 3. The largest absolute Gasteiger partial charge is 0.356 e. The van der Waals surface area contributed by atoms with Gasteiger partial charge in [-0.05, 0) is 30.9 Å². The molecule has 1 fully saturated rings. The quantitative estimate of drug-likeness (QED) is 0.777. The molecule has 3 rings (SSSR count). The molecule has 2 aliphatic rings. The maximum absolute atomic E-state index is 6.30. The number of halogens is 2. The topological polar surface area (TPSA) is 36.4 Å².